The van der Waals surface area contributed by atoms with Crippen LogP contribution in [0.2, 0.25) is 0 Å². The molecule has 0 aliphatic rings. The molecule has 1 nitrogen and oxygen atoms in total. The highest BCUT2D eigenvalue weighted by Crippen LogP contribution is 2.29. The van der Waals surface area contributed by atoms with Crippen LogP contribution >= 0.6 is 11.3 Å². The molecule has 0 saturated heterocycles. The second-order valence-corrected chi connectivity index (χ2v) is 6.03. The second-order valence-electron chi connectivity index (χ2n) is 5.00. The monoisotopic (exact) mass is 272 g/mol. The van der Waals surface area contributed by atoms with Gasteiger partial charge in [0.05, 0.1) is 0 Å². The maximum absolute atomic E-state index is 12.6. The van der Waals surface area contributed by atoms with Crippen molar-refractivity contribution in [1.82, 2.24) is 0 Å². The van der Waals surface area contributed by atoms with E-state index in [0.717, 1.165) is 16.9 Å². The lowest BCUT2D eigenvalue weighted by Gasteiger charge is -2.22. The van der Waals surface area contributed by atoms with Crippen LogP contribution in [0.3, 0.4) is 0 Å². The van der Waals surface area contributed by atoms with Gasteiger partial charge >= 0.3 is 0 Å². The van der Waals surface area contributed by atoms with Crippen LogP contribution < -0.4 is 0 Å². The summed E-state index contributed by atoms with van der Waals surface area (Å²) in [6, 6.07) is 14.2. The molecule has 1 aromatic heterocycles. The average molecular weight is 272 g/mol. The number of carbonyl (C=O) groups is 1. The molecule has 0 aliphatic heterocycles. The molecule has 1 heterocycles. The summed E-state index contributed by atoms with van der Waals surface area (Å²) in [6.07, 6.45) is 1.58. The van der Waals surface area contributed by atoms with Crippen molar-refractivity contribution in [3.8, 4) is 0 Å². The van der Waals surface area contributed by atoms with Crippen LogP contribution in [0.5, 0.6) is 0 Å². The summed E-state index contributed by atoms with van der Waals surface area (Å²) in [4.78, 5) is 13.8. The number of ketones is 1. The zero-order valence-electron chi connectivity index (χ0n) is 11.5. The molecule has 0 aliphatic carbocycles. The van der Waals surface area contributed by atoms with Gasteiger partial charge in [-0.2, -0.15) is 0 Å². The smallest absolute Gasteiger partial charge is 0.145 e. The van der Waals surface area contributed by atoms with Gasteiger partial charge in [0.1, 0.15) is 5.78 Å². The predicted octanol–water partition coefficient (Wildman–Crippen LogP) is 4.69. The molecule has 100 valence electrons. The van der Waals surface area contributed by atoms with Crippen molar-refractivity contribution in [2.75, 3.05) is 0 Å². The van der Waals surface area contributed by atoms with Gasteiger partial charge in [0.15, 0.2) is 0 Å². The fraction of sp³-hybridized carbons (Fsp3) is 0.353. The van der Waals surface area contributed by atoms with Crippen molar-refractivity contribution in [3.05, 3.63) is 58.3 Å². The lowest BCUT2D eigenvalue weighted by molar-refractivity contribution is -0.120. The normalized spacial score (nSPS) is 14.0. The van der Waals surface area contributed by atoms with Crippen LogP contribution in [0, 0.1) is 5.92 Å². The third kappa shape index (κ3) is 3.54. The summed E-state index contributed by atoms with van der Waals surface area (Å²) in [7, 11) is 0. The summed E-state index contributed by atoms with van der Waals surface area (Å²) < 4.78 is 0. The van der Waals surface area contributed by atoms with E-state index in [0.29, 0.717) is 18.1 Å². The molecule has 0 saturated carbocycles. The Morgan fingerprint density at radius 3 is 2.47 bits per heavy atom. The molecular weight excluding hydrogens is 252 g/mol. The lowest BCUT2D eigenvalue weighted by atomic mass is 9.81. The SMILES string of the molecule is CCC(C)C(C(=O)Cc1cccs1)c1ccccc1. The number of hydrogen-bond donors (Lipinski definition) is 0. The van der Waals surface area contributed by atoms with Crippen LogP contribution in [0.4, 0.5) is 0 Å². The quantitative estimate of drug-likeness (QED) is 0.745. The minimum absolute atomic E-state index is 0.0216. The molecule has 2 unspecified atom stereocenters. The topological polar surface area (TPSA) is 17.1 Å². The van der Waals surface area contributed by atoms with E-state index in [9.17, 15) is 4.79 Å². The average Bonchev–Trinajstić information content (AvgIpc) is 2.93. The van der Waals surface area contributed by atoms with E-state index in [1.807, 2.05) is 35.7 Å². The molecule has 0 radical (unpaired) electrons. The Balaban J connectivity index is 2.20. The standard InChI is InChI=1S/C17H20OS/c1-3-13(2)17(14-8-5-4-6-9-14)16(18)12-15-10-7-11-19-15/h4-11,13,17H,3,12H2,1-2H3. The first-order valence-electron chi connectivity index (χ1n) is 6.82. The summed E-state index contributed by atoms with van der Waals surface area (Å²) in [5.41, 5.74) is 1.15. The van der Waals surface area contributed by atoms with E-state index < -0.39 is 0 Å². The van der Waals surface area contributed by atoms with Gasteiger partial charge in [-0.15, -0.1) is 11.3 Å². The Morgan fingerprint density at radius 1 is 1.16 bits per heavy atom. The molecule has 2 aromatic rings. The van der Waals surface area contributed by atoms with Crippen LogP contribution in [0.1, 0.15) is 36.6 Å². The van der Waals surface area contributed by atoms with Crippen molar-refractivity contribution in [2.45, 2.75) is 32.6 Å². The van der Waals surface area contributed by atoms with Crippen LogP contribution in [0.15, 0.2) is 47.8 Å². The maximum atomic E-state index is 12.6. The van der Waals surface area contributed by atoms with Gasteiger partial charge < -0.3 is 0 Å². The largest absolute Gasteiger partial charge is 0.299 e. The third-order valence-corrected chi connectivity index (χ3v) is 4.52. The minimum atomic E-state index is 0.0216. The van der Waals surface area contributed by atoms with Crippen molar-refractivity contribution in [3.63, 3.8) is 0 Å². The van der Waals surface area contributed by atoms with Gasteiger partial charge in [-0.05, 0) is 22.9 Å². The molecule has 2 rings (SSSR count). The number of hydrogen-bond acceptors (Lipinski definition) is 2. The molecule has 0 amide bonds. The predicted molar refractivity (Wildman–Crippen MR) is 81.7 cm³/mol. The molecule has 1 aromatic carbocycles. The molecule has 0 bridgehead atoms. The second kappa shape index (κ2) is 6.67. The molecular formula is C17H20OS. The van der Waals surface area contributed by atoms with E-state index in [2.05, 4.69) is 26.0 Å². The Kier molecular flexibility index (Phi) is 4.92. The molecule has 2 atom stereocenters. The van der Waals surface area contributed by atoms with Gasteiger partial charge in [0.2, 0.25) is 0 Å². The van der Waals surface area contributed by atoms with Crippen molar-refractivity contribution in [2.24, 2.45) is 5.92 Å². The third-order valence-electron chi connectivity index (χ3n) is 3.65. The Bertz CT molecular complexity index is 501. The number of Topliss-reactive ketones (excluding diaryl/α,β-unsaturated/α-hetero) is 1. The fourth-order valence-corrected chi connectivity index (χ4v) is 3.14. The van der Waals surface area contributed by atoms with Crippen LogP contribution in [0.25, 0.3) is 0 Å². The zero-order valence-corrected chi connectivity index (χ0v) is 12.3. The maximum Gasteiger partial charge on any atom is 0.145 e. The van der Waals surface area contributed by atoms with E-state index in [1.54, 1.807) is 11.3 Å². The van der Waals surface area contributed by atoms with Crippen molar-refractivity contribution < 1.29 is 4.79 Å². The highest BCUT2D eigenvalue weighted by atomic mass is 32.1. The number of carbonyl (C=O) groups excluding carboxylic acids is 1. The summed E-state index contributed by atoms with van der Waals surface area (Å²) >= 11 is 1.66. The molecule has 19 heavy (non-hydrogen) atoms. The minimum Gasteiger partial charge on any atom is -0.299 e. The summed E-state index contributed by atoms with van der Waals surface area (Å²) in [5, 5.41) is 2.03. The van der Waals surface area contributed by atoms with E-state index in [1.165, 1.54) is 0 Å². The first-order chi connectivity index (χ1) is 9.22. The highest BCUT2D eigenvalue weighted by molar-refractivity contribution is 7.10. The number of benzene rings is 1. The van der Waals surface area contributed by atoms with Gasteiger partial charge in [0, 0.05) is 17.2 Å². The summed E-state index contributed by atoms with van der Waals surface area (Å²) in [6.45, 7) is 4.32. The van der Waals surface area contributed by atoms with Crippen LogP contribution in [-0.4, -0.2) is 5.78 Å². The zero-order chi connectivity index (χ0) is 13.7. The Hall–Kier alpha value is -1.41. The molecule has 0 N–H and O–H groups in total. The van der Waals surface area contributed by atoms with Gasteiger partial charge in [-0.3, -0.25) is 4.79 Å². The van der Waals surface area contributed by atoms with Gasteiger partial charge in [-0.25, -0.2) is 0 Å². The number of rotatable bonds is 6. The lowest BCUT2D eigenvalue weighted by Crippen LogP contribution is -2.21. The fourth-order valence-electron chi connectivity index (χ4n) is 2.42. The molecule has 0 spiro atoms. The van der Waals surface area contributed by atoms with Crippen LogP contribution in [-0.2, 0) is 11.2 Å². The van der Waals surface area contributed by atoms with Crippen molar-refractivity contribution >= 4 is 17.1 Å². The van der Waals surface area contributed by atoms with E-state index in [-0.39, 0.29) is 5.92 Å². The van der Waals surface area contributed by atoms with E-state index in [4.69, 9.17) is 0 Å². The Morgan fingerprint density at radius 2 is 1.89 bits per heavy atom. The highest BCUT2D eigenvalue weighted by Gasteiger charge is 2.25. The van der Waals surface area contributed by atoms with Crippen molar-refractivity contribution in [1.29, 1.82) is 0 Å². The van der Waals surface area contributed by atoms with Gasteiger partial charge in [0.25, 0.3) is 0 Å². The first kappa shape index (κ1) is 14.0. The molecule has 0 fully saturated rings. The van der Waals surface area contributed by atoms with E-state index >= 15 is 0 Å². The summed E-state index contributed by atoms with van der Waals surface area (Å²) in [5.74, 6) is 0.742. The number of thiophene rings is 1. The van der Waals surface area contributed by atoms with Gasteiger partial charge in [-0.1, -0.05) is 56.7 Å². The Labute approximate surface area is 119 Å². The first-order valence-corrected chi connectivity index (χ1v) is 7.70. The molecule has 2 heteroatoms.